The summed E-state index contributed by atoms with van der Waals surface area (Å²) >= 11 is 3.71. The number of halogens is 1. The third-order valence-corrected chi connectivity index (χ3v) is 4.42. The van der Waals surface area contributed by atoms with Crippen LogP contribution in [0, 0.1) is 0 Å². The molecule has 17 heavy (non-hydrogen) atoms. The Balaban J connectivity index is 2.07. The second-order valence-electron chi connectivity index (χ2n) is 5.02. The van der Waals surface area contributed by atoms with Crippen LogP contribution in [0.2, 0.25) is 0 Å². The van der Waals surface area contributed by atoms with Crippen molar-refractivity contribution in [1.82, 2.24) is 0 Å². The molecule has 0 unspecified atom stereocenters. The molecule has 0 saturated heterocycles. The molecule has 0 radical (unpaired) electrons. The zero-order chi connectivity index (χ0) is 12.1. The van der Waals surface area contributed by atoms with E-state index < -0.39 is 0 Å². The van der Waals surface area contributed by atoms with Gasteiger partial charge in [0.15, 0.2) is 0 Å². The van der Waals surface area contributed by atoms with Crippen LogP contribution in [0.5, 0.6) is 0 Å². The largest absolute Gasteiger partial charge is 0.396 e. The fourth-order valence-corrected chi connectivity index (χ4v) is 3.50. The molecule has 0 aliphatic heterocycles. The maximum atomic E-state index is 8.84. The zero-order valence-corrected chi connectivity index (χ0v) is 11.9. The lowest BCUT2D eigenvalue weighted by molar-refractivity contribution is 0.288. The summed E-state index contributed by atoms with van der Waals surface area (Å²) in [6.07, 6.45) is 8.67. The Kier molecular flexibility index (Phi) is 5.05. The lowest BCUT2D eigenvalue weighted by Gasteiger charge is -2.23. The zero-order valence-electron chi connectivity index (χ0n) is 10.3. The van der Waals surface area contributed by atoms with Gasteiger partial charge in [0.25, 0.3) is 0 Å². The van der Waals surface area contributed by atoms with Gasteiger partial charge in [0, 0.05) is 11.1 Å². The van der Waals surface area contributed by atoms with E-state index in [9.17, 15) is 0 Å². The van der Waals surface area contributed by atoms with E-state index in [0.717, 1.165) is 18.8 Å². The lowest BCUT2D eigenvalue weighted by atomic mass is 9.84. The van der Waals surface area contributed by atoms with Crippen LogP contribution in [-0.2, 0) is 6.42 Å². The molecule has 0 heterocycles. The highest BCUT2D eigenvalue weighted by molar-refractivity contribution is 9.10. The molecular weight excluding hydrogens is 276 g/mol. The number of hydrogen-bond donors (Lipinski definition) is 1. The van der Waals surface area contributed by atoms with Crippen LogP contribution >= 0.6 is 15.9 Å². The van der Waals surface area contributed by atoms with Crippen molar-refractivity contribution in [3.63, 3.8) is 0 Å². The van der Waals surface area contributed by atoms with Gasteiger partial charge in [-0.25, -0.2) is 0 Å². The molecule has 1 fully saturated rings. The van der Waals surface area contributed by atoms with E-state index in [-0.39, 0.29) is 6.61 Å². The summed E-state index contributed by atoms with van der Waals surface area (Å²) < 4.78 is 1.26. The SMILES string of the molecule is OCCCc1ccc(C2CCCCC2)c(Br)c1. The Morgan fingerprint density at radius 3 is 2.59 bits per heavy atom. The molecule has 0 atom stereocenters. The van der Waals surface area contributed by atoms with Crippen LogP contribution in [0.15, 0.2) is 22.7 Å². The Labute approximate surface area is 112 Å². The molecule has 2 rings (SSSR count). The number of aryl methyl sites for hydroxylation is 1. The minimum Gasteiger partial charge on any atom is -0.396 e. The van der Waals surface area contributed by atoms with Crippen molar-refractivity contribution >= 4 is 15.9 Å². The van der Waals surface area contributed by atoms with Gasteiger partial charge in [0.1, 0.15) is 0 Å². The first kappa shape index (κ1) is 13.1. The van der Waals surface area contributed by atoms with Crippen LogP contribution in [0.25, 0.3) is 0 Å². The first-order valence-corrected chi connectivity index (χ1v) is 7.49. The van der Waals surface area contributed by atoms with Crippen LogP contribution in [-0.4, -0.2) is 11.7 Å². The summed E-state index contributed by atoms with van der Waals surface area (Å²) in [6.45, 7) is 0.280. The Hall–Kier alpha value is -0.340. The Morgan fingerprint density at radius 1 is 1.18 bits per heavy atom. The second kappa shape index (κ2) is 6.55. The third-order valence-electron chi connectivity index (χ3n) is 3.73. The van der Waals surface area contributed by atoms with Gasteiger partial charge >= 0.3 is 0 Å². The van der Waals surface area contributed by atoms with Crippen LogP contribution in [0.1, 0.15) is 55.6 Å². The molecule has 0 aromatic heterocycles. The number of benzene rings is 1. The van der Waals surface area contributed by atoms with Crippen molar-refractivity contribution in [2.45, 2.75) is 50.9 Å². The van der Waals surface area contributed by atoms with Gasteiger partial charge in [0.2, 0.25) is 0 Å². The molecule has 1 aromatic carbocycles. The van der Waals surface area contributed by atoms with Crippen LogP contribution in [0.4, 0.5) is 0 Å². The van der Waals surface area contributed by atoms with Crippen molar-refractivity contribution in [3.05, 3.63) is 33.8 Å². The quantitative estimate of drug-likeness (QED) is 0.872. The summed E-state index contributed by atoms with van der Waals surface area (Å²) in [5.74, 6) is 0.755. The van der Waals surface area contributed by atoms with E-state index in [0.29, 0.717) is 0 Å². The molecule has 1 saturated carbocycles. The average molecular weight is 297 g/mol. The van der Waals surface area contributed by atoms with E-state index in [2.05, 4.69) is 34.1 Å². The van der Waals surface area contributed by atoms with E-state index in [4.69, 9.17) is 5.11 Å². The molecule has 1 aliphatic rings. The summed E-state index contributed by atoms with van der Waals surface area (Å²) in [4.78, 5) is 0. The van der Waals surface area contributed by atoms with E-state index >= 15 is 0 Å². The molecule has 0 amide bonds. The third kappa shape index (κ3) is 3.56. The van der Waals surface area contributed by atoms with E-state index in [1.165, 1.54) is 47.7 Å². The van der Waals surface area contributed by atoms with E-state index in [1.54, 1.807) is 0 Å². The van der Waals surface area contributed by atoms with Gasteiger partial charge in [-0.3, -0.25) is 0 Å². The van der Waals surface area contributed by atoms with E-state index in [1.807, 2.05) is 0 Å². The Bertz CT molecular complexity index is 356. The molecular formula is C15H21BrO. The first-order chi connectivity index (χ1) is 8.31. The standard InChI is InChI=1S/C15H21BrO/c16-15-11-12(5-4-10-17)8-9-14(15)13-6-2-1-3-7-13/h8-9,11,13,17H,1-7,10H2. The minimum absolute atomic E-state index is 0.280. The number of hydrogen-bond acceptors (Lipinski definition) is 1. The van der Waals surface area contributed by atoms with Crippen LogP contribution in [0.3, 0.4) is 0 Å². The van der Waals surface area contributed by atoms with Crippen molar-refractivity contribution < 1.29 is 5.11 Å². The monoisotopic (exact) mass is 296 g/mol. The fraction of sp³-hybridized carbons (Fsp3) is 0.600. The van der Waals surface area contributed by atoms with Gasteiger partial charge < -0.3 is 5.11 Å². The molecule has 1 aromatic rings. The summed E-state index contributed by atoms with van der Waals surface area (Å²) in [7, 11) is 0. The predicted octanol–water partition coefficient (Wildman–Crippen LogP) is 4.42. The minimum atomic E-state index is 0.280. The number of rotatable bonds is 4. The highest BCUT2D eigenvalue weighted by Crippen LogP contribution is 2.36. The highest BCUT2D eigenvalue weighted by atomic mass is 79.9. The van der Waals surface area contributed by atoms with Crippen molar-refractivity contribution in [1.29, 1.82) is 0 Å². The molecule has 1 N–H and O–H groups in total. The van der Waals surface area contributed by atoms with Crippen LogP contribution < -0.4 is 0 Å². The van der Waals surface area contributed by atoms with Gasteiger partial charge in [-0.2, -0.15) is 0 Å². The highest BCUT2D eigenvalue weighted by Gasteiger charge is 2.17. The fourth-order valence-electron chi connectivity index (χ4n) is 2.75. The van der Waals surface area contributed by atoms with Crippen molar-refractivity contribution in [2.24, 2.45) is 0 Å². The molecule has 0 bridgehead atoms. The molecule has 94 valence electrons. The van der Waals surface area contributed by atoms with Gasteiger partial charge in [-0.1, -0.05) is 47.3 Å². The molecule has 1 aliphatic carbocycles. The van der Waals surface area contributed by atoms with Gasteiger partial charge in [-0.15, -0.1) is 0 Å². The molecule has 1 nitrogen and oxygen atoms in total. The predicted molar refractivity (Wildman–Crippen MR) is 75.4 cm³/mol. The second-order valence-corrected chi connectivity index (χ2v) is 5.87. The van der Waals surface area contributed by atoms with Crippen molar-refractivity contribution in [3.8, 4) is 0 Å². The van der Waals surface area contributed by atoms with Crippen molar-refractivity contribution in [2.75, 3.05) is 6.61 Å². The summed E-state index contributed by atoms with van der Waals surface area (Å²) in [5.41, 5.74) is 2.81. The summed E-state index contributed by atoms with van der Waals surface area (Å²) in [5, 5.41) is 8.84. The van der Waals surface area contributed by atoms with Gasteiger partial charge in [0.05, 0.1) is 0 Å². The normalized spacial score (nSPS) is 17.3. The number of aliphatic hydroxyl groups excluding tert-OH is 1. The smallest absolute Gasteiger partial charge is 0.0434 e. The molecule has 0 spiro atoms. The number of aliphatic hydroxyl groups is 1. The Morgan fingerprint density at radius 2 is 1.94 bits per heavy atom. The molecule has 2 heteroatoms. The lowest BCUT2D eigenvalue weighted by Crippen LogP contribution is -2.05. The topological polar surface area (TPSA) is 20.2 Å². The average Bonchev–Trinajstić information content (AvgIpc) is 2.37. The summed E-state index contributed by atoms with van der Waals surface area (Å²) in [6, 6.07) is 6.75. The maximum Gasteiger partial charge on any atom is 0.0434 e. The maximum absolute atomic E-state index is 8.84. The van der Waals surface area contributed by atoms with Gasteiger partial charge in [-0.05, 0) is 48.8 Å². The first-order valence-electron chi connectivity index (χ1n) is 6.70.